The minimum absolute atomic E-state index is 0.109. The van der Waals surface area contributed by atoms with Crippen LogP contribution in [-0.4, -0.2) is 26.6 Å². The Kier molecular flexibility index (Phi) is 4.57. The summed E-state index contributed by atoms with van der Waals surface area (Å²) in [5.41, 5.74) is 4.25. The molecule has 2 aromatic heterocycles. The van der Waals surface area contributed by atoms with Crippen molar-refractivity contribution in [1.29, 1.82) is 0 Å². The number of hydrogen-bond donors (Lipinski definition) is 1. The van der Waals surface area contributed by atoms with E-state index in [1.165, 1.54) is 0 Å². The Balaban J connectivity index is 2.10. The molecule has 0 unspecified atom stereocenters. The zero-order chi connectivity index (χ0) is 18.0. The van der Waals surface area contributed by atoms with E-state index < -0.39 is 5.97 Å². The molecule has 128 valence electrons. The number of carbonyl (C=O) groups is 1. The predicted molar refractivity (Wildman–Crippen MR) is 97.8 cm³/mol. The van der Waals surface area contributed by atoms with E-state index in [0.717, 1.165) is 40.0 Å². The Morgan fingerprint density at radius 3 is 2.60 bits per heavy atom. The van der Waals surface area contributed by atoms with E-state index in [-0.39, 0.29) is 6.10 Å². The molecule has 0 aliphatic carbocycles. The minimum atomic E-state index is -0.992. The molecule has 2 heterocycles. The van der Waals surface area contributed by atoms with Gasteiger partial charge in [-0.3, -0.25) is 4.40 Å². The lowest BCUT2D eigenvalue weighted by atomic mass is 10.1. The Labute approximate surface area is 146 Å². The summed E-state index contributed by atoms with van der Waals surface area (Å²) >= 11 is 0. The monoisotopic (exact) mass is 336 g/mol. The summed E-state index contributed by atoms with van der Waals surface area (Å²) in [6.45, 7) is 5.96. The molecule has 0 amide bonds. The van der Waals surface area contributed by atoms with Gasteiger partial charge in [-0.15, -0.1) is 0 Å². The SMILES string of the molecule is Cc1ccn2c(/C=C/C(=O)O)c(-c3ccc(OC(C)C)cc3)nc2c1. The summed E-state index contributed by atoms with van der Waals surface area (Å²) in [7, 11) is 0. The van der Waals surface area contributed by atoms with Gasteiger partial charge < -0.3 is 9.84 Å². The lowest BCUT2D eigenvalue weighted by molar-refractivity contribution is -0.131. The van der Waals surface area contributed by atoms with E-state index in [1.807, 2.05) is 67.8 Å². The van der Waals surface area contributed by atoms with Crippen molar-refractivity contribution in [3.05, 3.63) is 59.9 Å². The smallest absolute Gasteiger partial charge is 0.328 e. The van der Waals surface area contributed by atoms with Crippen LogP contribution in [0.3, 0.4) is 0 Å². The van der Waals surface area contributed by atoms with E-state index >= 15 is 0 Å². The first-order valence-electron chi connectivity index (χ1n) is 8.11. The van der Waals surface area contributed by atoms with Crippen LogP contribution in [-0.2, 0) is 4.79 Å². The van der Waals surface area contributed by atoms with E-state index in [2.05, 4.69) is 0 Å². The molecule has 5 nitrogen and oxygen atoms in total. The Bertz CT molecular complexity index is 937. The first-order chi connectivity index (χ1) is 11.9. The summed E-state index contributed by atoms with van der Waals surface area (Å²) < 4.78 is 7.56. The number of aliphatic carboxylic acids is 1. The molecule has 25 heavy (non-hydrogen) atoms. The van der Waals surface area contributed by atoms with Crippen molar-refractivity contribution < 1.29 is 14.6 Å². The van der Waals surface area contributed by atoms with E-state index in [1.54, 1.807) is 6.08 Å². The molecule has 1 aromatic carbocycles. The van der Waals surface area contributed by atoms with Crippen molar-refractivity contribution in [2.75, 3.05) is 0 Å². The lowest BCUT2D eigenvalue weighted by Crippen LogP contribution is -2.05. The van der Waals surface area contributed by atoms with Crippen LogP contribution in [0.5, 0.6) is 5.75 Å². The fourth-order valence-corrected chi connectivity index (χ4v) is 2.65. The van der Waals surface area contributed by atoms with Gasteiger partial charge in [-0.2, -0.15) is 0 Å². The molecule has 5 heteroatoms. The van der Waals surface area contributed by atoms with Gasteiger partial charge in [0.2, 0.25) is 0 Å². The zero-order valence-electron chi connectivity index (χ0n) is 14.4. The number of fused-ring (bicyclic) bond motifs is 1. The molecular weight excluding hydrogens is 316 g/mol. The highest BCUT2D eigenvalue weighted by molar-refractivity contribution is 5.87. The molecule has 0 saturated carbocycles. The van der Waals surface area contributed by atoms with Gasteiger partial charge in [0.15, 0.2) is 0 Å². The second-order valence-electron chi connectivity index (χ2n) is 6.14. The number of carboxylic acids is 1. The second kappa shape index (κ2) is 6.81. The third kappa shape index (κ3) is 3.71. The number of benzene rings is 1. The number of hydrogen-bond acceptors (Lipinski definition) is 3. The number of ether oxygens (including phenoxy) is 1. The van der Waals surface area contributed by atoms with Crippen LogP contribution in [0.4, 0.5) is 0 Å². The van der Waals surface area contributed by atoms with Gasteiger partial charge in [0.25, 0.3) is 0 Å². The van der Waals surface area contributed by atoms with Gasteiger partial charge in [-0.05, 0) is 68.8 Å². The topological polar surface area (TPSA) is 63.8 Å². The van der Waals surface area contributed by atoms with Gasteiger partial charge in [-0.1, -0.05) is 0 Å². The highest BCUT2D eigenvalue weighted by atomic mass is 16.5. The molecule has 0 bridgehead atoms. The molecule has 0 atom stereocenters. The molecule has 0 aliphatic heterocycles. The van der Waals surface area contributed by atoms with Crippen molar-refractivity contribution >= 4 is 17.7 Å². The maximum Gasteiger partial charge on any atom is 0.328 e. The highest BCUT2D eigenvalue weighted by Crippen LogP contribution is 2.28. The summed E-state index contributed by atoms with van der Waals surface area (Å²) in [6.07, 6.45) is 4.71. The van der Waals surface area contributed by atoms with Gasteiger partial charge in [0.1, 0.15) is 11.4 Å². The van der Waals surface area contributed by atoms with Crippen molar-refractivity contribution in [2.45, 2.75) is 26.9 Å². The molecule has 0 spiro atoms. The second-order valence-corrected chi connectivity index (χ2v) is 6.14. The maximum absolute atomic E-state index is 10.9. The molecule has 0 radical (unpaired) electrons. The third-order valence-electron chi connectivity index (χ3n) is 3.70. The van der Waals surface area contributed by atoms with Crippen LogP contribution in [0.15, 0.2) is 48.7 Å². The number of aryl methyl sites for hydroxylation is 1. The van der Waals surface area contributed by atoms with Gasteiger partial charge >= 0.3 is 5.97 Å². The van der Waals surface area contributed by atoms with Crippen LogP contribution >= 0.6 is 0 Å². The van der Waals surface area contributed by atoms with E-state index in [0.29, 0.717) is 0 Å². The third-order valence-corrected chi connectivity index (χ3v) is 3.70. The largest absolute Gasteiger partial charge is 0.491 e. The Morgan fingerprint density at radius 2 is 1.96 bits per heavy atom. The number of aromatic nitrogens is 2. The average Bonchev–Trinajstić information content (AvgIpc) is 2.90. The number of rotatable bonds is 5. The van der Waals surface area contributed by atoms with Gasteiger partial charge in [-0.25, -0.2) is 9.78 Å². The van der Waals surface area contributed by atoms with Crippen molar-refractivity contribution in [3.8, 4) is 17.0 Å². The van der Waals surface area contributed by atoms with Crippen LogP contribution < -0.4 is 4.74 Å². The summed E-state index contributed by atoms with van der Waals surface area (Å²) in [4.78, 5) is 15.6. The summed E-state index contributed by atoms with van der Waals surface area (Å²) in [5, 5.41) is 8.98. The number of carboxylic acid groups (broad SMARTS) is 1. The number of pyridine rings is 1. The quantitative estimate of drug-likeness (QED) is 0.709. The zero-order valence-corrected chi connectivity index (χ0v) is 14.4. The molecule has 0 fully saturated rings. The van der Waals surface area contributed by atoms with Crippen LogP contribution in [0.2, 0.25) is 0 Å². The van der Waals surface area contributed by atoms with Crippen molar-refractivity contribution in [1.82, 2.24) is 9.38 Å². The minimum Gasteiger partial charge on any atom is -0.491 e. The van der Waals surface area contributed by atoms with Crippen LogP contribution in [0, 0.1) is 6.92 Å². The fraction of sp³-hybridized carbons (Fsp3) is 0.200. The first kappa shape index (κ1) is 16.8. The van der Waals surface area contributed by atoms with Crippen molar-refractivity contribution in [2.24, 2.45) is 0 Å². The molecule has 1 N–H and O–H groups in total. The van der Waals surface area contributed by atoms with Crippen LogP contribution in [0.1, 0.15) is 25.1 Å². The molecule has 3 rings (SSSR count). The predicted octanol–water partition coefficient (Wildman–Crippen LogP) is 4.19. The van der Waals surface area contributed by atoms with E-state index in [9.17, 15) is 4.79 Å². The van der Waals surface area contributed by atoms with E-state index in [4.69, 9.17) is 14.8 Å². The average molecular weight is 336 g/mol. The maximum atomic E-state index is 10.9. The summed E-state index contributed by atoms with van der Waals surface area (Å²) in [5.74, 6) is -0.199. The number of nitrogens with zero attached hydrogens (tertiary/aromatic N) is 2. The molecule has 0 aliphatic rings. The lowest BCUT2D eigenvalue weighted by Gasteiger charge is -2.09. The van der Waals surface area contributed by atoms with Crippen molar-refractivity contribution in [3.63, 3.8) is 0 Å². The number of imidazole rings is 1. The summed E-state index contributed by atoms with van der Waals surface area (Å²) in [6, 6.07) is 11.6. The standard InChI is InChI=1S/C20H20N2O3/c1-13(2)25-16-6-4-15(5-7-16)20-17(8-9-19(23)24)22-11-10-14(3)12-18(22)21-20/h4-13H,1-3H3,(H,23,24)/b9-8+. The molecule has 0 saturated heterocycles. The van der Waals surface area contributed by atoms with Crippen LogP contribution in [0.25, 0.3) is 23.0 Å². The highest BCUT2D eigenvalue weighted by Gasteiger charge is 2.13. The van der Waals surface area contributed by atoms with Gasteiger partial charge in [0, 0.05) is 17.8 Å². The Hall–Kier alpha value is -3.08. The normalized spacial score (nSPS) is 11.5. The molecule has 3 aromatic rings. The Morgan fingerprint density at radius 1 is 1.24 bits per heavy atom. The molecular formula is C20H20N2O3. The van der Waals surface area contributed by atoms with Gasteiger partial charge in [0.05, 0.1) is 17.5 Å². The fourth-order valence-electron chi connectivity index (χ4n) is 2.65. The first-order valence-corrected chi connectivity index (χ1v) is 8.11.